The van der Waals surface area contributed by atoms with Crippen molar-refractivity contribution in [2.45, 2.75) is 66.3 Å². The third-order valence-electron chi connectivity index (χ3n) is 5.69. The van der Waals surface area contributed by atoms with Gasteiger partial charge in [0, 0.05) is 24.7 Å². The summed E-state index contributed by atoms with van der Waals surface area (Å²) < 4.78 is 7.46. The molecule has 0 aromatic carbocycles. The van der Waals surface area contributed by atoms with Gasteiger partial charge in [0.05, 0.1) is 18.8 Å². The van der Waals surface area contributed by atoms with Gasteiger partial charge in [-0.3, -0.25) is 9.69 Å². The lowest BCUT2D eigenvalue weighted by Crippen LogP contribution is -2.34. The van der Waals surface area contributed by atoms with E-state index in [4.69, 9.17) is 21.3 Å². The summed E-state index contributed by atoms with van der Waals surface area (Å²) in [5.74, 6) is 1.72. The molecule has 10 nitrogen and oxygen atoms in total. The van der Waals surface area contributed by atoms with Gasteiger partial charge >= 0.3 is 6.09 Å². The summed E-state index contributed by atoms with van der Waals surface area (Å²) in [5, 5.41) is 8.68. The van der Waals surface area contributed by atoms with Crippen LogP contribution in [-0.4, -0.2) is 54.3 Å². The van der Waals surface area contributed by atoms with Crippen LogP contribution >= 0.6 is 11.6 Å². The fourth-order valence-electron chi connectivity index (χ4n) is 4.04. The van der Waals surface area contributed by atoms with E-state index in [1.54, 1.807) is 44.9 Å². The predicted octanol–water partition coefficient (Wildman–Crippen LogP) is 4.63. The maximum absolute atomic E-state index is 13.4. The zero-order valence-electron chi connectivity index (χ0n) is 21.4. The van der Waals surface area contributed by atoms with Gasteiger partial charge in [-0.05, 0) is 52.3 Å². The Morgan fingerprint density at radius 1 is 1.22 bits per heavy atom. The highest BCUT2D eigenvalue weighted by Crippen LogP contribution is 2.32. The van der Waals surface area contributed by atoms with Crippen LogP contribution < -0.4 is 4.90 Å². The minimum absolute atomic E-state index is 0.145. The Morgan fingerprint density at radius 3 is 2.67 bits per heavy atom. The van der Waals surface area contributed by atoms with Crippen LogP contribution in [0.2, 0.25) is 5.15 Å². The smallest absolute Gasteiger partial charge is 0.410 e. The summed E-state index contributed by atoms with van der Waals surface area (Å²) >= 11 is 6.26. The molecule has 0 unspecified atom stereocenters. The number of anilines is 1. The molecule has 0 spiro atoms. The molecule has 4 heterocycles. The quantitative estimate of drug-likeness (QED) is 0.444. The molecule has 1 aliphatic heterocycles. The first kappa shape index (κ1) is 25.6. The predicted molar refractivity (Wildman–Crippen MR) is 136 cm³/mol. The molecule has 36 heavy (non-hydrogen) atoms. The van der Waals surface area contributed by atoms with E-state index >= 15 is 0 Å². The molecule has 3 aromatic rings. The molecule has 0 fully saturated rings. The minimum atomic E-state index is -0.627. The van der Waals surface area contributed by atoms with Gasteiger partial charge in [-0.15, -0.1) is 10.2 Å². The first-order valence-electron chi connectivity index (χ1n) is 11.8. The van der Waals surface area contributed by atoms with Crippen molar-refractivity contribution in [1.82, 2.24) is 29.6 Å². The molecule has 190 valence electrons. The van der Waals surface area contributed by atoms with E-state index < -0.39 is 11.7 Å². The normalized spacial score (nSPS) is 13.2. The molecule has 0 N–H and O–H groups in total. The third-order valence-corrected chi connectivity index (χ3v) is 5.88. The highest BCUT2D eigenvalue weighted by atomic mass is 35.5. The largest absolute Gasteiger partial charge is 0.444 e. The average molecular weight is 512 g/mol. The van der Waals surface area contributed by atoms with Crippen molar-refractivity contribution in [2.24, 2.45) is 0 Å². The summed E-state index contributed by atoms with van der Waals surface area (Å²) in [6.07, 6.45) is 0.444. The van der Waals surface area contributed by atoms with Crippen LogP contribution in [0.15, 0.2) is 24.3 Å². The average Bonchev–Trinajstić information content (AvgIpc) is 3.33. The molecule has 4 rings (SSSR count). The van der Waals surface area contributed by atoms with Crippen LogP contribution in [-0.2, 0) is 24.4 Å². The summed E-state index contributed by atoms with van der Waals surface area (Å²) in [5.41, 5.74) is 1.69. The number of ether oxygens (including phenoxy) is 1. The molecule has 11 heteroatoms. The fraction of sp³-hybridized carbons (Fsp3) is 0.440. The van der Waals surface area contributed by atoms with Gasteiger partial charge in [-0.1, -0.05) is 24.6 Å². The van der Waals surface area contributed by atoms with E-state index in [1.165, 1.54) is 4.90 Å². The third kappa shape index (κ3) is 5.18. The Balaban J connectivity index is 1.63. The van der Waals surface area contributed by atoms with Gasteiger partial charge < -0.3 is 14.2 Å². The van der Waals surface area contributed by atoms with E-state index in [0.29, 0.717) is 34.2 Å². The Hall–Kier alpha value is -3.53. The van der Waals surface area contributed by atoms with Gasteiger partial charge in [0.15, 0.2) is 5.82 Å². The second-order valence-corrected chi connectivity index (χ2v) is 10.1. The minimum Gasteiger partial charge on any atom is -0.444 e. The van der Waals surface area contributed by atoms with Crippen LogP contribution in [0, 0.1) is 6.92 Å². The Bertz CT molecular complexity index is 1320. The van der Waals surface area contributed by atoms with Gasteiger partial charge in [0.25, 0.3) is 5.91 Å². The first-order valence-corrected chi connectivity index (χ1v) is 12.2. The number of hydrogen-bond donors (Lipinski definition) is 0. The van der Waals surface area contributed by atoms with E-state index in [2.05, 4.69) is 22.1 Å². The molecule has 0 bridgehead atoms. The lowest BCUT2D eigenvalue weighted by Gasteiger charge is -2.25. The topological polar surface area (TPSA) is 106 Å². The van der Waals surface area contributed by atoms with Crippen molar-refractivity contribution in [3.63, 3.8) is 0 Å². The molecule has 0 saturated carbocycles. The summed E-state index contributed by atoms with van der Waals surface area (Å²) in [4.78, 5) is 38.0. The summed E-state index contributed by atoms with van der Waals surface area (Å²) in [7, 11) is 1.62. The number of fused-ring (bicyclic) bond motifs is 1. The number of aryl methyl sites for hydroxylation is 1. The van der Waals surface area contributed by atoms with E-state index in [9.17, 15) is 9.59 Å². The molecule has 1 aliphatic rings. The summed E-state index contributed by atoms with van der Waals surface area (Å²) in [6.45, 7) is 10.6. The summed E-state index contributed by atoms with van der Waals surface area (Å²) in [6, 6.07) is 7.03. The number of nitrogens with zero attached hydrogens (tertiary/aromatic N) is 7. The zero-order chi connectivity index (χ0) is 26.2. The van der Waals surface area contributed by atoms with Crippen molar-refractivity contribution < 1.29 is 14.3 Å². The number of hydrogen-bond acceptors (Lipinski definition) is 7. The Labute approximate surface area is 215 Å². The fourth-order valence-corrected chi connectivity index (χ4v) is 4.25. The molecule has 0 aliphatic carbocycles. The maximum Gasteiger partial charge on any atom is 0.410 e. The monoisotopic (exact) mass is 511 g/mol. The van der Waals surface area contributed by atoms with Crippen LogP contribution in [0.3, 0.4) is 0 Å². The van der Waals surface area contributed by atoms with Gasteiger partial charge in [-0.25, -0.2) is 14.8 Å². The first-order chi connectivity index (χ1) is 17.0. The molecule has 0 saturated heterocycles. The van der Waals surface area contributed by atoms with Crippen molar-refractivity contribution >= 4 is 29.4 Å². The molecular weight excluding hydrogens is 482 g/mol. The lowest BCUT2D eigenvalue weighted by molar-refractivity contribution is 0.0282. The van der Waals surface area contributed by atoms with E-state index in [-0.39, 0.29) is 24.1 Å². The number of rotatable bonds is 6. The highest BCUT2D eigenvalue weighted by Gasteiger charge is 2.33. The van der Waals surface area contributed by atoms with Crippen molar-refractivity contribution in [2.75, 3.05) is 11.9 Å². The number of amides is 2. The molecular formula is C25H30ClN7O3. The molecule has 0 radical (unpaired) electrons. The molecule has 3 aromatic heterocycles. The van der Waals surface area contributed by atoms with Crippen molar-refractivity contribution in [1.29, 1.82) is 0 Å². The van der Waals surface area contributed by atoms with Gasteiger partial charge in [0.1, 0.15) is 28.1 Å². The molecule has 2 amide bonds. The molecule has 0 atom stereocenters. The SMILES string of the molecule is CCCn1c(C)nnc1-c1cccc(N2Cc3c(cc(Cl)nc3CN(C)C(=O)OC(C)(C)C)C2=O)n1. The zero-order valence-corrected chi connectivity index (χ0v) is 22.1. The Kier molecular flexibility index (Phi) is 6.99. The second kappa shape index (κ2) is 9.85. The standard InChI is InChI=1S/C25H30ClN7O3/c1-7-11-32-15(2)29-30-22(32)18-9-8-10-21(28-18)33-13-17-16(23(33)34)12-20(26)27-19(17)14-31(6)24(35)36-25(3,4)5/h8-10,12H,7,11,13-14H2,1-6H3. The van der Waals surface area contributed by atoms with Crippen LogP contribution in [0.5, 0.6) is 0 Å². The second-order valence-electron chi connectivity index (χ2n) is 9.75. The van der Waals surface area contributed by atoms with Crippen LogP contribution in [0.4, 0.5) is 10.6 Å². The number of halogens is 1. The number of carbonyl (C=O) groups excluding carboxylic acids is 2. The van der Waals surface area contributed by atoms with E-state index in [0.717, 1.165) is 18.8 Å². The van der Waals surface area contributed by atoms with Crippen LogP contribution in [0.25, 0.3) is 11.5 Å². The van der Waals surface area contributed by atoms with Crippen molar-refractivity contribution in [3.8, 4) is 11.5 Å². The number of pyridine rings is 2. The lowest BCUT2D eigenvalue weighted by atomic mass is 10.1. The van der Waals surface area contributed by atoms with Crippen LogP contribution in [0.1, 0.15) is 61.6 Å². The van der Waals surface area contributed by atoms with E-state index in [1.807, 2.05) is 23.6 Å². The maximum atomic E-state index is 13.4. The Morgan fingerprint density at radius 2 is 1.97 bits per heavy atom. The number of aromatic nitrogens is 5. The van der Waals surface area contributed by atoms with Gasteiger partial charge in [0.2, 0.25) is 0 Å². The van der Waals surface area contributed by atoms with Gasteiger partial charge in [-0.2, -0.15) is 0 Å². The highest BCUT2D eigenvalue weighted by molar-refractivity contribution is 6.30. The number of carbonyl (C=O) groups is 2. The van der Waals surface area contributed by atoms with Crippen molar-refractivity contribution in [3.05, 3.63) is 52.1 Å².